The molecule has 0 spiro atoms. The highest BCUT2D eigenvalue weighted by Gasteiger charge is 2.21. The summed E-state index contributed by atoms with van der Waals surface area (Å²) in [5.74, 6) is 0.517. The molecule has 1 heterocycles. The maximum absolute atomic E-state index is 10.9. The van der Waals surface area contributed by atoms with Gasteiger partial charge in [0.15, 0.2) is 0 Å². The van der Waals surface area contributed by atoms with Crippen LogP contribution in [0.15, 0.2) is 0 Å². The molecule has 0 aromatic rings. The summed E-state index contributed by atoms with van der Waals surface area (Å²) in [5, 5.41) is 13.1. The molecule has 1 aliphatic rings. The highest BCUT2D eigenvalue weighted by Crippen LogP contribution is 2.10. The molecule has 1 unspecified atom stereocenters. The number of aliphatic hydroxyl groups excluding tert-OH is 1. The Hall–Kier alpha value is -0.810. The Morgan fingerprint density at radius 3 is 2.53 bits per heavy atom. The van der Waals surface area contributed by atoms with Crippen LogP contribution in [0.4, 0.5) is 4.79 Å². The van der Waals surface area contributed by atoms with Gasteiger partial charge in [0.2, 0.25) is 0 Å². The Morgan fingerprint density at radius 1 is 1.47 bits per heavy atom. The van der Waals surface area contributed by atoms with E-state index in [0.29, 0.717) is 31.6 Å². The predicted octanol–water partition coefficient (Wildman–Crippen LogP) is 0.526. The van der Waals surface area contributed by atoms with Crippen LogP contribution in [0.1, 0.15) is 33.1 Å². The van der Waals surface area contributed by atoms with Gasteiger partial charge in [0.05, 0.1) is 6.10 Å². The van der Waals surface area contributed by atoms with Crippen LogP contribution in [0.25, 0.3) is 0 Å². The highest BCUT2D eigenvalue weighted by molar-refractivity contribution is 5.72. The van der Waals surface area contributed by atoms with Crippen molar-refractivity contribution in [1.29, 1.82) is 0 Å². The number of aliphatic hydroxyl groups is 1. The average Bonchev–Trinajstić information content (AvgIpc) is 2.26. The summed E-state index contributed by atoms with van der Waals surface area (Å²) in [5.41, 5.74) is 5.22. The van der Waals surface area contributed by atoms with Gasteiger partial charge in [-0.2, -0.15) is 0 Å². The molecular formula is C12H25N3O2. The largest absolute Gasteiger partial charge is 0.392 e. The first kappa shape index (κ1) is 14.3. The van der Waals surface area contributed by atoms with Crippen molar-refractivity contribution in [2.45, 2.75) is 45.3 Å². The lowest BCUT2D eigenvalue weighted by atomic mass is 10.0. The van der Waals surface area contributed by atoms with Crippen molar-refractivity contribution in [1.82, 2.24) is 10.2 Å². The van der Waals surface area contributed by atoms with Gasteiger partial charge in [-0.3, -0.25) is 0 Å². The third-order valence-electron chi connectivity index (χ3n) is 3.19. The van der Waals surface area contributed by atoms with Crippen molar-refractivity contribution in [3.05, 3.63) is 0 Å². The normalized spacial score (nSPS) is 19.6. The standard InChI is InChI=1S/C12H25N3O2/c1-9(2)7-11(16)8-14-10-3-5-15(6-4-10)12(13)17/h9-11,14,16H,3-8H2,1-2H3,(H2,13,17). The first-order valence-corrected chi connectivity index (χ1v) is 6.45. The quantitative estimate of drug-likeness (QED) is 0.659. The first-order valence-electron chi connectivity index (χ1n) is 6.45. The van der Waals surface area contributed by atoms with Gasteiger partial charge in [0.25, 0.3) is 0 Å². The van der Waals surface area contributed by atoms with Crippen LogP contribution in [0, 0.1) is 5.92 Å². The minimum absolute atomic E-state index is 0.274. The third-order valence-corrected chi connectivity index (χ3v) is 3.19. The van der Waals surface area contributed by atoms with Crippen LogP contribution < -0.4 is 11.1 Å². The van der Waals surface area contributed by atoms with E-state index in [1.165, 1.54) is 0 Å². The second-order valence-electron chi connectivity index (χ2n) is 5.29. The Morgan fingerprint density at radius 2 is 2.06 bits per heavy atom. The number of hydrogen-bond acceptors (Lipinski definition) is 3. The van der Waals surface area contributed by atoms with E-state index in [2.05, 4.69) is 19.2 Å². The lowest BCUT2D eigenvalue weighted by Gasteiger charge is -2.31. The molecule has 0 radical (unpaired) electrons. The topological polar surface area (TPSA) is 78.6 Å². The molecule has 0 aromatic carbocycles. The van der Waals surface area contributed by atoms with Crippen molar-refractivity contribution in [2.24, 2.45) is 11.7 Å². The molecular weight excluding hydrogens is 218 g/mol. The number of nitrogens with two attached hydrogens (primary N) is 1. The number of hydrogen-bond donors (Lipinski definition) is 3. The number of carbonyl (C=O) groups excluding carboxylic acids is 1. The maximum atomic E-state index is 10.9. The molecule has 0 aromatic heterocycles. The Bertz CT molecular complexity index is 238. The minimum Gasteiger partial charge on any atom is -0.392 e. The van der Waals surface area contributed by atoms with E-state index in [-0.39, 0.29) is 12.1 Å². The first-order chi connectivity index (χ1) is 7.99. The SMILES string of the molecule is CC(C)CC(O)CNC1CCN(C(N)=O)CC1. The lowest BCUT2D eigenvalue weighted by molar-refractivity contribution is 0.134. The summed E-state index contributed by atoms with van der Waals surface area (Å²) >= 11 is 0. The van der Waals surface area contributed by atoms with E-state index in [9.17, 15) is 9.90 Å². The average molecular weight is 243 g/mol. The fourth-order valence-electron chi connectivity index (χ4n) is 2.23. The molecule has 4 N–H and O–H groups in total. The maximum Gasteiger partial charge on any atom is 0.314 e. The van der Waals surface area contributed by atoms with Crippen LogP contribution in [-0.4, -0.2) is 47.8 Å². The monoisotopic (exact) mass is 243 g/mol. The molecule has 0 saturated carbocycles. The van der Waals surface area contributed by atoms with Gasteiger partial charge in [0, 0.05) is 25.7 Å². The van der Waals surface area contributed by atoms with Crippen LogP contribution in [0.2, 0.25) is 0 Å². The molecule has 17 heavy (non-hydrogen) atoms. The van der Waals surface area contributed by atoms with Crippen LogP contribution in [0.5, 0.6) is 0 Å². The number of nitrogens with one attached hydrogen (secondary N) is 1. The van der Waals surface area contributed by atoms with Crippen molar-refractivity contribution < 1.29 is 9.90 Å². The van der Waals surface area contributed by atoms with Gasteiger partial charge in [0.1, 0.15) is 0 Å². The van der Waals surface area contributed by atoms with Gasteiger partial charge >= 0.3 is 6.03 Å². The number of primary amides is 1. The van der Waals surface area contributed by atoms with Gasteiger partial charge in [-0.15, -0.1) is 0 Å². The molecule has 2 amide bonds. The van der Waals surface area contributed by atoms with Crippen molar-refractivity contribution in [3.63, 3.8) is 0 Å². The van der Waals surface area contributed by atoms with Crippen LogP contribution >= 0.6 is 0 Å². The molecule has 100 valence electrons. The zero-order chi connectivity index (χ0) is 12.8. The highest BCUT2D eigenvalue weighted by atomic mass is 16.3. The molecule has 1 fully saturated rings. The smallest absolute Gasteiger partial charge is 0.314 e. The molecule has 5 heteroatoms. The fourth-order valence-corrected chi connectivity index (χ4v) is 2.23. The van der Waals surface area contributed by atoms with Gasteiger partial charge in [-0.05, 0) is 25.2 Å². The molecule has 1 saturated heterocycles. The van der Waals surface area contributed by atoms with E-state index < -0.39 is 0 Å². The number of nitrogens with zero attached hydrogens (tertiary/aromatic N) is 1. The molecule has 1 atom stereocenters. The molecule has 5 nitrogen and oxygen atoms in total. The second-order valence-corrected chi connectivity index (χ2v) is 5.29. The zero-order valence-corrected chi connectivity index (χ0v) is 10.9. The number of amides is 2. The summed E-state index contributed by atoms with van der Waals surface area (Å²) < 4.78 is 0. The zero-order valence-electron chi connectivity index (χ0n) is 10.9. The summed E-state index contributed by atoms with van der Waals surface area (Å²) in [7, 11) is 0. The minimum atomic E-state index is -0.330. The summed E-state index contributed by atoms with van der Waals surface area (Å²) in [6.45, 7) is 6.28. The van der Waals surface area contributed by atoms with E-state index in [1.807, 2.05) is 0 Å². The van der Waals surface area contributed by atoms with Crippen molar-refractivity contribution >= 4 is 6.03 Å². The van der Waals surface area contributed by atoms with Crippen molar-refractivity contribution in [3.8, 4) is 0 Å². The lowest BCUT2D eigenvalue weighted by Crippen LogP contribution is -2.48. The van der Waals surface area contributed by atoms with E-state index in [0.717, 1.165) is 19.3 Å². The van der Waals surface area contributed by atoms with Crippen LogP contribution in [0.3, 0.4) is 0 Å². The number of urea groups is 1. The predicted molar refractivity (Wildman–Crippen MR) is 67.6 cm³/mol. The molecule has 1 rings (SSSR count). The molecule has 0 bridgehead atoms. The molecule has 1 aliphatic heterocycles. The number of likely N-dealkylation sites (tertiary alicyclic amines) is 1. The summed E-state index contributed by atoms with van der Waals surface area (Å²) in [4.78, 5) is 12.6. The van der Waals surface area contributed by atoms with Gasteiger partial charge in [-0.1, -0.05) is 13.8 Å². The Balaban J connectivity index is 2.16. The third kappa shape index (κ3) is 5.37. The van der Waals surface area contributed by atoms with E-state index >= 15 is 0 Å². The van der Waals surface area contributed by atoms with Crippen molar-refractivity contribution in [2.75, 3.05) is 19.6 Å². The van der Waals surface area contributed by atoms with Gasteiger partial charge in [-0.25, -0.2) is 4.79 Å². The molecule has 0 aliphatic carbocycles. The number of carbonyl (C=O) groups is 1. The summed E-state index contributed by atoms with van der Waals surface area (Å²) in [6.07, 6.45) is 2.38. The Labute approximate surface area is 103 Å². The van der Waals surface area contributed by atoms with Crippen LogP contribution in [-0.2, 0) is 0 Å². The second kappa shape index (κ2) is 6.81. The van der Waals surface area contributed by atoms with E-state index in [1.54, 1.807) is 4.90 Å². The number of rotatable bonds is 5. The Kier molecular flexibility index (Phi) is 5.71. The number of piperidine rings is 1. The fraction of sp³-hybridized carbons (Fsp3) is 0.917. The van der Waals surface area contributed by atoms with E-state index in [4.69, 9.17) is 5.73 Å². The van der Waals surface area contributed by atoms with Gasteiger partial charge < -0.3 is 21.1 Å². The summed E-state index contributed by atoms with van der Waals surface area (Å²) in [6, 6.07) is 0.0655.